The second kappa shape index (κ2) is 4.18. The van der Waals surface area contributed by atoms with E-state index in [1.807, 2.05) is 12.4 Å². The Kier molecular flexibility index (Phi) is 2.35. The number of rotatable bonds is 1. The lowest BCUT2D eigenvalue weighted by Crippen LogP contribution is -2.13. The molecule has 0 spiro atoms. The highest BCUT2D eigenvalue weighted by Crippen LogP contribution is 2.33. The van der Waals surface area contributed by atoms with Crippen molar-refractivity contribution >= 4 is 10.8 Å². The summed E-state index contributed by atoms with van der Waals surface area (Å²) in [7, 11) is 0. The summed E-state index contributed by atoms with van der Waals surface area (Å²) < 4.78 is 0. The van der Waals surface area contributed by atoms with Crippen molar-refractivity contribution in [3.8, 4) is 0 Å². The number of nitrogens with zero attached hydrogens (tertiary/aromatic N) is 1. The lowest BCUT2D eigenvalue weighted by Gasteiger charge is -2.14. The molecule has 4 rings (SSSR count). The van der Waals surface area contributed by atoms with Gasteiger partial charge in [-0.25, -0.2) is 0 Å². The maximum atomic E-state index is 4.39. The Morgan fingerprint density at radius 2 is 1.74 bits per heavy atom. The fourth-order valence-corrected chi connectivity index (χ4v) is 2.95. The monoisotopic (exact) mass is 246 g/mol. The molecule has 2 nitrogen and oxygen atoms in total. The predicted molar refractivity (Wildman–Crippen MR) is 76.9 cm³/mol. The molecule has 92 valence electrons. The summed E-state index contributed by atoms with van der Waals surface area (Å²) in [5.41, 5.74) is 4.03. The number of aromatic nitrogens is 1. The van der Waals surface area contributed by atoms with Crippen LogP contribution >= 0.6 is 0 Å². The average Bonchev–Trinajstić information content (AvgIpc) is 2.90. The van der Waals surface area contributed by atoms with Crippen LogP contribution in [0.25, 0.3) is 10.8 Å². The molecule has 3 aromatic rings. The van der Waals surface area contributed by atoms with E-state index < -0.39 is 0 Å². The summed E-state index contributed by atoms with van der Waals surface area (Å²) in [6, 6.07) is 17.3. The van der Waals surface area contributed by atoms with Crippen LogP contribution in [0, 0.1) is 0 Å². The molecule has 0 amide bonds. The third-order valence-corrected chi connectivity index (χ3v) is 3.87. The number of pyridine rings is 1. The summed E-state index contributed by atoms with van der Waals surface area (Å²) >= 11 is 0. The molecule has 2 heterocycles. The van der Waals surface area contributed by atoms with E-state index in [0.29, 0.717) is 0 Å². The van der Waals surface area contributed by atoms with Gasteiger partial charge in [-0.05, 0) is 22.1 Å². The summed E-state index contributed by atoms with van der Waals surface area (Å²) in [6.07, 6.45) is 3.92. The highest BCUT2D eigenvalue weighted by molar-refractivity contribution is 5.85. The van der Waals surface area contributed by atoms with E-state index in [0.717, 1.165) is 6.54 Å². The second-order valence-corrected chi connectivity index (χ2v) is 4.96. The van der Waals surface area contributed by atoms with Gasteiger partial charge in [0.1, 0.15) is 0 Å². The minimum Gasteiger partial charge on any atom is -0.302 e. The van der Waals surface area contributed by atoms with Gasteiger partial charge in [-0.3, -0.25) is 4.98 Å². The molecule has 1 aliphatic heterocycles. The van der Waals surface area contributed by atoms with Crippen molar-refractivity contribution in [2.45, 2.75) is 12.6 Å². The van der Waals surface area contributed by atoms with Crippen LogP contribution in [-0.4, -0.2) is 4.98 Å². The Morgan fingerprint density at radius 3 is 2.74 bits per heavy atom. The minimum atomic E-state index is 0.259. The van der Waals surface area contributed by atoms with Crippen LogP contribution in [0.5, 0.6) is 0 Å². The zero-order chi connectivity index (χ0) is 12.7. The van der Waals surface area contributed by atoms with Gasteiger partial charge in [0.15, 0.2) is 0 Å². The van der Waals surface area contributed by atoms with Gasteiger partial charge in [0.05, 0.1) is 6.04 Å². The van der Waals surface area contributed by atoms with Crippen LogP contribution in [0.3, 0.4) is 0 Å². The maximum Gasteiger partial charge on any atom is 0.0604 e. The van der Waals surface area contributed by atoms with E-state index in [1.54, 1.807) is 0 Å². The third kappa shape index (κ3) is 1.65. The summed E-state index contributed by atoms with van der Waals surface area (Å²) in [4.78, 5) is 4.39. The number of hydrogen-bond donors (Lipinski definition) is 1. The van der Waals surface area contributed by atoms with Gasteiger partial charge in [0.25, 0.3) is 0 Å². The highest BCUT2D eigenvalue weighted by atomic mass is 14.9. The standard InChI is InChI=1S/C17H14N2/c1-3-7-14-12(5-1)9-18-11-16(14)17-15-8-4-2-6-13(15)10-19-17/h1-9,11,17,19H,10H2. The van der Waals surface area contributed by atoms with Crippen molar-refractivity contribution in [1.82, 2.24) is 10.3 Å². The highest BCUT2D eigenvalue weighted by Gasteiger charge is 2.24. The number of fused-ring (bicyclic) bond motifs is 2. The van der Waals surface area contributed by atoms with Crippen molar-refractivity contribution < 1.29 is 0 Å². The largest absolute Gasteiger partial charge is 0.302 e. The Bertz CT molecular complexity index is 744. The Balaban J connectivity index is 1.93. The van der Waals surface area contributed by atoms with E-state index in [4.69, 9.17) is 0 Å². The van der Waals surface area contributed by atoms with Gasteiger partial charge >= 0.3 is 0 Å². The molecule has 1 unspecified atom stereocenters. The summed E-state index contributed by atoms with van der Waals surface area (Å²) in [5.74, 6) is 0. The van der Waals surface area contributed by atoms with Crippen molar-refractivity contribution in [3.05, 3.63) is 77.6 Å². The molecule has 1 N–H and O–H groups in total. The van der Waals surface area contributed by atoms with Gasteiger partial charge in [-0.15, -0.1) is 0 Å². The van der Waals surface area contributed by atoms with Crippen molar-refractivity contribution in [2.24, 2.45) is 0 Å². The van der Waals surface area contributed by atoms with E-state index in [-0.39, 0.29) is 6.04 Å². The normalized spacial score (nSPS) is 17.6. The molecule has 2 aromatic carbocycles. The number of hydrogen-bond acceptors (Lipinski definition) is 2. The maximum absolute atomic E-state index is 4.39. The molecule has 0 saturated carbocycles. The fourth-order valence-electron chi connectivity index (χ4n) is 2.95. The van der Waals surface area contributed by atoms with Crippen LogP contribution in [-0.2, 0) is 6.54 Å². The molecule has 0 fully saturated rings. The lowest BCUT2D eigenvalue weighted by molar-refractivity contribution is 0.669. The van der Waals surface area contributed by atoms with E-state index in [9.17, 15) is 0 Å². The van der Waals surface area contributed by atoms with Crippen LogP contribution in [0.4, 0.5) is 0 Å². The molecule has 0 bridgehead atoms. The first-order valence-electron chi connectivity index (χ1n) is 6.57. The molecule has 0 aliphatic carbocycles. The Labute approximate surface area is 112 Å². The molecule has 2 heteroatoms. The molecule has 0 radical (unpaired) electrons. The van der Waals surface area contributed by atoms with E-state index >= 15 is 0 Å². The van der Waals surface area contributed by atoms with Gasteiger partial charge in [-0.2, -0.15) is 0 Å². The van der Waals surface area contributed by atoms with Gasteiger partial charge < -0.3 is 5.32 Å². The van der Waals surface area contributed by atoms with Gasteiger partial charge in [0.2, 0.25) is 0 Å². The first kappa shape index (κ1) is 10.7. The van der Waals surface area contributed by atoms with Crippen molar-refractivity contribution in [3.63, 3.8) is 0 Å². The van der Waals surface area contributed by atoms with E-state index in [2.05, 4.69) is 58.8 Å². The van der Waals surface area contributed by atoms with Crippen LogP contribution < -0.4 is 5.32 Å². The summed E-state index contributed by atoms with van der Waals surface area (Å²) in [5, 5.41) is 6.07. The van der Waals surface area contributed by atoms with Crippen LogP contribution in [0.2, 0.25) is 0 Å². The SMILES string of the molecule is c1ccc2c(c1)CNC2c1cncc2ccccc12. The molecule has 1 aliphatic rings. The third-order valence-electron chi connectivity index (χ3n) is 3.87. The smallest absolute Gasteiger partial charge is 0.0604 e. The minimum absolute atomic E-state index is 0.259. The lowest BCUT2D eigenvalue weighted by atomic mass is 9.96. The molecule has 1 atom stereocenters. The number of nitrogens with one attached hydrogen (secondary N) is 1. The summed E-state index contributed by atoms with van der Waals surface area (Å²) in [6.45, 7) is 0.935. The fraction of sp³-hybridized carbons (Fsp3) is 0.118. The average molecular weight is 246 g/mol. The van der Waals surface area contributed by atoms with E-state index in [1.165, 1.54) is 27.5 Å². The van der Waals surface area contributed by atoms with Gasteiger partial charge in [-0.1, -0.05) is 48.5 Å². The topological polar surface area (TPSA) is 24.9 Å². The zero-order valence-electron chi connectivity index (χ0n) is 10.5. The van der Waals surface area contributed by atoms with Crippen LogP contribution in [0.15, 0.2) is 60.9 Å². The first-order chi connectivity index (χ1) is 9.43. The first-order valence-corrected chi connectivity index (χ1v) is 6.57. The molecule has 1 aromatic heterocycles. The van der Waals surface area contributed by atoms with Crippen molar-refractivity contribution in [1.29, 1.82) is 0 Å². The Hall–Kier alpha value is -2.19. The Morgan fingerprint density at radius 1 is 0.895 bits per heavy atom. The number of benzene rings is 2. The molecule has 19 heavy (non-hydrogen) atoms. The predicted octanol–water partition coefficient (Wildman–Crippen LogP) is 3.43. The molecular formula is C17H14N2. The molecular weight excluding hydrogens is 232 g/mol. The van der Waals surface area contributed by atoms with Gasteiger partial charge in [0, 0.05) is 24.3 Å². The van der Waals surface area contributed by atoms with Crippen molar-refractivity contribution in [2.75, 3.05) is 0 Å². The van der Waals surface area contributed by atoms with Crippen LogP contribution in [0.1, 0.15) is 22.7 Å². The zero-order valence-corrected chi connectivity index (χ0v) is 10.5. The quantitative estimate of drug-likeness (QED) is 0.711. The molecule has 0 saturated heterocycles. The second-order valence-electron chi connectivity index (χ2n) is 4.96.